The first-order valence-electron chi connectivity index (χ1n) is 5.91. The van der Waals surface area contributed by atoms with E-state index in [-0.39, 0.29) is 0 Å². The van der Waals surface area contributed by atoms with Crippen LogP contribution >= 0.6 is 0 Å². The van der Waals surface area contributed by atoms with Crippen LogP contribution in [0, 0.1) is 17.8 Å². The summed E-state index contributed by atoms with van der Waals surface area (Å²) in [5, 5.41) is 0. The first-order valence-corrected chi connectivity index (χ1v) is 5.91. The SMILES string of the molecule is C=CCCC1=C2C(CC1)CC1C=CC21. The van der Waals surface area contributed by atoms with Crippen molar-refractivity contribution in [3.63, 3.8) is 0 Å². The summed E-state index contributed by atoms with van der Waals surface area (Å²) in [4.78, 5) is 0. The molecule has 0 nitrogen and oxygen atoms in total. The van der Waals surface area contributed by atoms with Gasteiger partial charge in [0.1, 0.15) is 0 Å². The van der Waals surface area contributed by atoms with Crippen LogP contribution in [0.5, 0.6) is 0 Å². The second kappa shape index (κ2) is 3.12. The molecule has 0 aliphatic heterocycles. The minimum absolute atomic E-state index is 0.863. The topological polar surface area (TPSA) is 0 Å². The molecule has 1 fully saturated rings. The molecule has 0 heterocycles. The molecule has 3 aliphatic carbocycles. The Bertz CT molecular complexity index is 319. The van der Waals surface area contributed by atoms with Gasteiger partial charge in [0.05, 0.1) is 0 Å². The third kappa shape index (κ3) is 1.06. The monoisotopic (exact) mass is 186 g/mol. The summed E-state index contributed by atoms with van der Waals surface area (Å²) in [7, 11) is 0. The van der Waals surface area contributed by atoms with Gasteiger partial charge < -0.3 is 0 Å². The van der Waals surface area contributed by atoms with Crippen molar-refractivity contribution in [3.05, 3.63) is 36.0 Å². The van der Waals surface area contributed by atoms with Crippen molar-refractivity contribution in [3.8, 4) is 0 Å². The highest BCUT2D eigenvalue weighted by Gasteiger charge is 2.43. The molecule has 0 heteroatoms. The van der Waals surface area contributed by atoms with E-state index in [2.05, 4.69) is 24.8 Å². The zero-order valence-electron chi connectivity index (χ0n) is 8.71. The Morgan fingerprint density at radius 1 is 1.43 bits per heavy atom. The van der Waals surface area contributed by atoms with Gasteiger partial charge in [-0.15, -0.1) is 6.58 Å². The zero-order chi connectivity index (χ0) is 9.54. The molecule has 0 saturated heterocycles. The normalized spacial score (nSPS) is 38.1. The van der Waals surface area contributed by atoms with E-state index in [1.54, 1.807) is 5.57 Å². The second-order valence-corrected chi connectivity index (χ2v) is 4.93. The lowest BCUT2D eigenvalue weighted by Gasteiger charge is -2.23. The second-order valence-electron chi connectivity index (χ2n) is 4.93. The van der Waals surface area contributed by atoms with E-state index >= 15 is 0 Å². The summed E-state index contributed by atoms with van der Waals surface area (Å²) in [6.07, 6.45) is 13.6. The van der Waals surface area contributed by atoms with Crippen molar-refractivity contribution in [2.45, 2.75) is 32.1 Å². The van der Waals surface area contributed by atoms with Gasteiger partial charge in [-0.25, -0.2) is 0 Å². The van der Waals surface area contributed by atoms with Gasteiger partial charge in [0.15, 0.2) is 0 Å². The van der Waals surface area contributed by atoms with Crippen LogP contribution in [0.3, 0.4) is 0 Å². The highest BCUT2D eigenvalue weighted by atomic mass is 14.5. The lowest BCUT2D eigenvalue weighted by atomic mass is 9.81. The van der Waals surface area contributed by atoms with E-state index in [1.165, 1.54) is 32.1 Å². The Kier molecular flexibility index (Phi) is 1.90. The molecule has 0 radical (unpaired) electrons. The maximum absolute atomic E-state index is 3.82. The lowest BCUT2D eigenvalue weighted by Crippen LogP contribution is -2.13. The quantitative estimate of drug-likeness (QED) is 0.587. The standard InChI is InChI=1S/C14H18/c1-2-3-4-10-5-6-12-9-11-7-8-13(11)14(10)12/h2,7-8,11-13H,1,3-6,9H2. The van der Waals surface area contributed by atoms with Crippen molar-refractivity contribution in [2.75, 3.05) is 0 Å². The van der Waals surface area contributed by atoms with Gasteiger partial charge in [0.2, 0.25) is 0 Å². The number of hydrogen-bond acceptors (Lipinski definition) is 0. The fourth-order valence-electron chi connectivity index (χ4n) is 3.50. The number of hydrogen-bond donors (Lipinski definition) is 0. The largest absolute Gasteiger partial charge is 0.103 e. The molecular weight excluding hydrogens is 168 g/mol. The molecule has 0 amide bonds. The molecule has 0 spiro atoms. The third-order valence-corrected chi connectivity index (χ3v) is 4.24. The van der Waals surface area contributed by atoms with Gasteiger partial charge in [-0.05, 0) is 43.9 Å². The maximum Gasteiger partial charge on any atom is 0.00454 e. The maximum atomic E-state index is 3.82. The zero-order valence-corrected chi connectivity index (χ0v) is 8.71. The van der Waals surface area contributed by atoms with Crippen LogP contribution in [0.4, 0.5) is 0 Å². The van der Waals surface area contributed by atoms with E-state index < -0.39 is 0 Å². The molecule has 3 unspecified atom stereocenters. The summed E-state index contributed by atoms with van der Waals surface area (Å²) in [6, 6.07) is 0. The van der Waals surface area contributed by atoms with Crippen LogP contribution in [0.15, 0.2) is 36.0 Å². The van der Waals surface area contributed by atoms with Crippen LogP contribution in [-0.4, -0.2) is 0 Å². The Morgan fingerprint density at radius 3 is 3.07 bits per heavy atom. The fraction of sp³-hybridized carbons (Fsp3) is 0.571. The van der Waals surface area contributed by atoms with Crippen molar-refractivity contribution < 1.29 is 0 Å². The smallest absolute Gasteiger partial charge is 0.00454 e. The highest BCUT2D eigenvalue weighted by molar-refractivity contribution is 5.38. The molecule has 3 aliphatic rings. The van der Waals surface area contributed by atoms with Crippen LogP contribution in [-0.2, 0) is 0 Å². The number of fused-ring (bicyclic) bond motifs is 3. The third-order valence-electron chi connectivity index (χ3n) is 4.24. The summed E-state index contributed by atoms with van der Waals surface area (Å²) in [5.74, 6) is 2.75. The van der Waals surface area contributed by atoms with E-state index in [0.717, 1.165) is 17.8 Å². The molecule has 1 saturated carbocycles. The molecule has 0 N–H and O–H groups in total. The first-order chi connectivity index (χ1) is 6.90. The lowest BCUT2D eigenvalue weighted by molar-refractivity contribution is 0.495. The van der Waals surface area contributed by atoms with Crippen molar-refractivity contribution in [2.24, 2.45) is 17.8 Å². The van der Waals surface area contributed by atoms with Gasteiger partial charge in [0, 0.05) is 5.92 Å². The van der Waals surface area contributed by atoms with Crippen molar-refractivity contribution in [1.29, 1.82) is 0 Å². The van der Waals surface area contributed by atoms with Crippen LogP contribution in [0.2, 0.25) is 0 Å². The average molecular weight is 186 g/mol. The van der Waals surface area contributed by atoms with Crippen LogP contribution in [0.25, 0.3) is 0 Å². The van der Waals surface area contributed by atoms with Gasteiger partial charge >= 0.3 is 0 Å². The molecule has 3 rings (SSSR count). The van der Waals surface area contributed by atoms with Crippen LogP contribution < -0.4 is 0 Å². The predicted molar refractivity (Wildman–Crippen MR) is 59.9 cm³/mol. The molecule has 74 valence electrons. The van der Waals surface area contributed by atoms with E-state index in [0.29, 0.717) is 0 Å². The van der Waals surface area contributed by atoms with Gasteiger partial charge in [-0.1, -0.05) is 29.4 Å². The van der Waals surface area contributed by atoms with E-state index in [1.807, 2.05) is 5.57 Å². The van der Waals surface area contributed by atoms with Gasteiger partial charge in [-0.2, -0.15) is 0 Å². The minimum Gasteiger partial charge on any atom is -0.103 e. The Hall–Kier alpha value is -0.780. The fourth-order valence-corrected chi connectivity index (χ4v) is 3.50. The highest BCUT2D eigenvalue weighted by Crippen LogP contribution is 2.55. The minimum atomic E-state index is 0.863. The molecule has 0 aromatic heterocycles. The summed E-state index contributed by atoms with van der Waals surface area (Å²) in [6.45, 7) is 3.82. The van der Waals surface area contributed by atoms with Gasteiger partial charge in [0.25, 0.3) is 0 Å². The predicted octanol–water partition coefficient (Wildman–Crippen LogP) is 3.87. The molecular formula is C14H18. The Morgan fingerprint density at radius 2 is 2.36 bits per heavy atom. The molecule has 14 heavy (non-hydrogen) atoms. The van der Waals surface area contributed by atoms with Crippen LogP contribution in [0.1, 0.15) is 32.1 Å². The summed E-state index contributed by atoms with van der Waals surface area (Å²) in [5.41, 5.74) is 3.63. The van der Waals surface area contributed by atoms with E-state index in [9.17, 15) is 0 Å². The molecule has 0 aromatic carbocycles. The summed E-state index contributed by atoms with van der Waals surface area (Å²) >= 11 is 0. The Balaban J connectivity index is 1.84. The van der Waals surface area contributed by atoms with Gasteiger partial charge in [-0.3, -0.25) is 0 Å². The average Bonchev–Trinajstić information content (AvgIpc) is 2.63. The summed E-state index contributed by atoms with van der Waals surface area (Å²) < 4.78 is 0. The molecule has 0 bridgehead atoms. The molecule has 3 atom stereocenters. The first kappa shape index (κ1) is 8.52. The molecule has 0 aromatic rings. The Labute approximate surface area is 86.4 Å². The van der Waals surface area contributed by atoms with Crippen molar-refractivity contribution in [1.82, 2.24) is 0 Å². The van der Waals surface area contributed by atoms with Crippen molar-refractivity contribution >= 4 is 0 Å². The van der Waals surface area contributed by atoms with E-state index in [4.69, 9.17) is 0 Å². The number of rotatable bonds is 3. The number of allylic oxidation sites excluding steroid dienone is 5.